The maximum absolute atomic E-state index is 12.5. The van der Waals surface area contributed by atoms with Crippen molar-refractivity contribution >= 4 is 16.8 Å². The molecule has 1 unspecified atom stereocenters. The normalized spacial score (nSPS) is 19.6. The molecule has 2 aromatic rings. The molecule has 1 aromatic heterocycles. The molecule has 5 heteroatoms. The molecule has 1 amide bonds. The van der Waals surface area contributed by atoms with Crippen LogP contribution in [0, 0.1) is 12.3 Å². The lowest BCUT2D eigenvalue weighted by molar-refractivity contribution is -0.132. The number of benzene rings is 1. The van der Waals surface area contributed by atoms with E-state index in [0.29, 0.717) is 13.0 Å². The summed E-state index contributed by atoms with van der Waals surface area (Å²) in [5.74, 6) is 2.02. The molecule has 0 radical (unpaired) electrons. The van der Waals surface area contributed by atoms with Gasteiger partial charge in [-0.05, 0) is 43.5 Å². The Morgan fingerprint density at radius 2 is 2.28 bits per heavy atom. The van der Waals surface area contributed by atoms with E-state index < -0.39 is 0 Å². The van der Waals surface area contributed by atoms with Crippen molar-refractivity contribution in [2.75, 3.05) is 13.1 Å². The fraction of sp³-hybridized carbons (Fsp3) is 0.450. The van der Waals surface area contributed by atoms with Crippen LogP contribution in [-0.4, -0.2) is 35.0 Å². The molecule has 2 heterocycles. The van der Waals surface area contributed by atoms with Crippen LogP contribution in [0.2, 0.25) is 0 Å². The molecule has 2 atom stereocenters. The number of aromatic nitrogens is 1. The number of carbonyl (C=O) groups excluding carboxylic acids is 1. The highest BCUT2D eigenvalue weighted by Gasteiger charge is 2.38. The summed E-state index contributed by atoms with van der Waals surface area (Å²) in [6, 6.07) is 8.14. The van der Waals surface area contributed by atoms with Crippen LogP contribution in [0.1, 0.15) is 43.5 Å². The van der Waals surface area contributed by atoms with Gasteiger partial charge in [-0.3, -0.25) is 10.1 Å². The molecule has 0 saturated heterocycles. The lowest BCUT2D eigenvalue weighted by Gasteiger charge is -2.41. The van der Waals surface area contributed by atoms with Crippen molar-refractivity contribution in [3.63, 3.8) is 0 Å². The first-order chi connectivity index (χ1) is 12.2. The van der Waals surface area contributed by atoms with E-state index in [1.54, 1.807) is 4.90 Å². The number of H-pyrrole nitrogens is 1. The van der Waals surface area contributed by atoms with Crippen LogP contribution in [0.4, 0.5) is 0 Å². The van der Waals surface area contributed by atoms with Gasteiger partial charge in [-0.25, -0.2) is 0 Å². The second kappa shape index (κ2) is 7.73. The van der Waals surface area contributed by atoms with E-state index >= 15 is 0 Å². The third-order valence-corrected chi connectivity index (χ3v) is 4.96. The Morgan fingerprint density at radius 1 is 1.48 bits per heavy atom. The maximum Gasteiger partial charge on any atom is 0.300 e. The lowest BCUT2D eigenvalue weighted by Crippen LogP contribution is -2.54. The second-order valence-corrected chi connectivity index (χ2v) is 6.54. The summed E-state index contributed by atoms with van der Waals surface area (Å²) in [7, 11) is 0. The standard InChI is InChI=1S/C20H26N4O/c1-3-5-12-22-18-13-15-14-8-6-7-9-16(14)23-20(15)17(10-11-21)24(18)19(25)4-2/h2,6-9,17-18,22-23H,3,5,10-13,21H2,1H3/t17?,18-/m1/s1. The first-order valence-electron chi connectivity index (χ1n) is 9.03. The number of nitrogens with two attached hydrogens (primary N) is 1. The number of hydrogen-bond acceptors (Lipinski definition) is 3. The van der Waals surface area contributed by atoms with Crippen molar-refractivity contribution in [2.24, 2.45) is 5.73 Å². The van der Waals surface area contributed by atoms with Gasteiger partial charge in [-0.2, -0.15) is 0 Å². The van der Waals surface area contributed by atoms with Gasteiger partial charge in [-0.15, -0.1) is 6.42 Å². The molecule has 0 bridgehead atoms. The van der Waals surface area contributed by atoms with Crippen molar-refractivity contribution < 1.29 is 4.79 Å². The van der Waals surface area contributed by atoms with Crippen molar-refractivity contribution in [1.82, 2.24) is 15.2 Å². The van der Waals surface area contributed by atoms with Crippen LogP contribution in [-0.2, 0) is 11.2 Å². The number of nitrogens with zero attached hydrogens (tertiary/aromatic N) is 1. The number of carbonyl (C=O) groups is 1. The highest BCUT2D eigenvalue weighted by atomic mass is 16.2. The van der Waals surface area contributed by atoms with Crippen molar-refractivity contribution in [1.29, 1.82) is 0 Å². The molecular weight excluding hydrogens is 312 g/mol. The SMILES string of the molecule is C#CC(=O)N1C(CCN)c2[nH]c3ccccc3c2C[C@@H]1NCCCC. The largest absolute Gasteiger partial charge is 0.356 e. The average molecular weight is 338 g/mol. The Bertz CT molecular complexity index is 789. The number of nitrogens with one attached hydrogen (secondary N) is 2. The van der Waals surface area contributed by atoms with E-state index in [9.17, 15) is 4.79 Å². The Kier molecular flexibility index (Phi) is 5.42. The van der Waals surface area contributed by atoms with Gasteiger partial charge in [-0.1, -0.05) is 31.5 Å². The fourth-order valence-corrected chi connectivity index (χ4v) is 3.79. The molecule has 0 saturated carbocycles. The second-order valence-electron chi connectivity index (χ2n) is 6.54. The van der Waals surface area contributed by atoms with Crippen molar-refractivity contribution in [2.45, 2.75) is 44.8 Å². The predicted octanol–water partition coefficient (Wildman–Crippen LogP) is 2.29. The van der Waals surface area contributed by atoms with Gasteiger partial charge in [0.2, 0.25) is 0 Å². The van der Waals surface area contributed by atoms with Gasteiger partial charge in [0.1, 0.15) is 0 Å². The third-order valence-electron chi connectivity index (χ3n) is 4.96. The monoisotopic (exact) mass is 338 g/mol. The molecule has 5 nitrogen and oxygen atoms in total. The van der Waals surface area contributed by atoms with Gasteiger partial charge >= 0.3 is 0 Å². The number of fused-ring (bicyclic) bond motifs is 3. The topological polar surface area (TPSA) is 74.1 Å². The quantitative estimate of drug-likeness (QED) is 0.559. The van der Waals surface area contributed by atoms with Gasteiger partial charge < -0.3 is 15.6 Å². The molecule has 3 rings (SSSR count). The molecule has 1 aliphatic rings. The summed E-state index contributed by atoms with van der Waals surface area (Å²) < 4.78 is 0. The molecular formula is C20H26N4O. The number of aromatic amines is 1. The van der Waals surface area contributed by atoms with E-state index in [1.165, 1.54) is 10.9 Å². The van der Waals surface area contributed by atoms with Crippen LogP contribution >= 0.6 is 0 Å². The zero-order valence-electron chi connectivity index (χ0n) is 14.7. The number of amides is 1. The summed E-state index contributed by atoms with van der Waals surface area (Å²) in [6.07, 6.45) is 8.96. The molecule has 25 heavy (non-hydrogen) atoms. The van der Waals surface area contributed by atoms with Gasteiger partial charge in [0.15, 0.2) is 0 Å². The molecule has 1 aromatic carbocycles. The number of terminal acetylenes is 1. The fourth-order valence-electron chi connectivity index (χ4n) is 3.79. The predicted molar refractivity (Wildman–Crippen MR) is 101 cm³/mol. The minimum Gasteiger partial charge on any atom is -0.356 e. The Labute approximate surface area is 149 Å². The van der Waals surface area contributed by atoms with Gasteiger partial charge in [0.05, 0.1) is 12.2 Å². The first-order valence-corrected chi connectivity index (χ1v) is 9.03. The number of rotatable bonds is 6. The highest BCUT2D eigenvalue weighted by Crippen LogP contribution is 2.38. The highest BCUT2D eigenvalue weighted by molar-refractivity contribution is 5.94. The Hall–Kier alpha value is -2.29. The minimum absolute atomic E-state index is 0.0987. The van der Waals surface area contributed by atoms with Crippen LogP contribution in [0.15, 0.2) is 24.3 Å². The first kappa shape index (κ1) is 17.5. The maximum atomic E-state index is 12.5. The molecule has 0 spiro atoms. The van der Waals surface area contributed by atoms with E-state index in [1.807, 2.05) is 12.1 Å². The van der Waals surface area contributed by atoms with Crippen molar-refractivity contribution in [3.05, 3.63) is 35.5 Å². The van der Waals surface area contributed by atoms with E-state index in [0.717, 1.165) is 37.0 Å². The van der Waals surface area contributed by atoms with Crippen LogP contribution < -0.4 is 11.1 Å². The molecule has 0 aliphatic carbocycles. The van der Waals surface area contributed by atoms with E-state index in [-0.39, 0.29) is 18.1 Å². The van der Waals surface area contributed by atoms with Crippen LogP contribution in [0.5, 0.6) is 0 Å². The minimum atomic E-state index is -0.281. The lowest BCUT2D eigenvalue weighted by atomic mass is 9.93. The molecule has 4 N–H and O–H groups in total. The summed E-state index contributed by atoms with van der Waals surface area (Å²) in [5, 5.41) is 4.74. The smallest absolute Gasteiger partial charge is 0.300 e. The van der Waals surface area contributed by atoms with Gasteiger partial charge in [0, 0.05) is 23.0 Å². The molecule has 1 aliphatic heterocycles. The van der Waals surface area contributed by atoms with Crippen LogP contribution in [0.3, 0.4) is 0 Å². The molecule has 0 fully saturated rings. The summed E-state index contributed by atoms with van der Waals surface area (Å²) in [5.41, 5.74) is 9.29. The van der Waals surface area contributed by atoms with E-state index in [4.69, 9.17) is 12.2 Å². The zero-order chi connectivity index (χ0) is 17.8. The Morgan fingerprint density at radius 3 is 3.00 bits per heavy atom. The summed E-state index contributed by atoms with van der Waals surface area (Å²) in [4.78, 5) is 17.8. The van der Waals surface area contributed by atoms with Crippen molar-refractivity contribution in [3.8, 4) is 12.3 Å². The summed E-state index contributed by atoms with van der Waals surface area (Å²) >= 11 is 0. The third kappa shape index (κ3) is 3.28. The van der Waals surface area contributed by atoms with Gasteiger partial charge in [0.25, 0.3) is 5.91 Å². The molecule has 132 valence electrons. The number of hydrogen-bond donors (Lipinski definition) is 3. The average Bonchev–Trinajstić information content (AvgIpc) is 3.00. The summed E-state index contributed by atoms with van der Waals surface area (Å²) in [6.45, 7) is 3.51. The Balaban J connectivity index is 2.05. The zero-order valence-corrected chi connectivity index (χ0v) is 14.7. The van der Waals surface area contributed by atoms with Crippen LogP contribution in [0.25, 0.3) is 10.9 Å². The number of unbranched alkanes of at least 4 members (excludes halogenated alkanes) is 1. The van der Waals surface area contributed by atoms with E-state index in [2.05, 4.69) is 35.3 Å². The number of para-hydroxylation sites is 1.